The number of nitrogens with two attached hydrogens (primary N) is 1. The third-order valence-corrected chi connectivity index (χ3v) is 3.60. The fraction of sp³-hybridized carbons (Fsp3) is 0.308. The van der Waals surface area contributed by atoms with E-state index in [9.17, 15) is 0 Å². The normalized spacial score (nSPS) is 14.7. The van der Waals surface area contributed by atoms with Crippen LogP contribution in [0.25, 0.3) is 10.9 Å². The van der Waals surface area contributed by atoms with E-state index in [1.807, 2.05) is 18.2 Å². The molecule has 0 saturated carbocycles. The number of aryl methyl sites for hydroxylation is 1. The van der Waals surface area contributed by atoms with Gasteiger partial charge >= 0.3 is 0 Å². The van der Waals surface area contributed by atoms with Gasteiger partial charge in [-0.2, -0.15) is 0 Å². The number of anilines is 1. The van der Waals surface area contributed by atoms with Gasteiger partial charge in [0.05, 0.1) is 11.2 Å². The minimum Gasteiger partial charge on any atom is -0.323 e. The highest BCUT2D eigenvalue weighted by Crippen LogP contribution is 2.33. The molecule has 1 aromatic heterocycles. The SMILES string of the molecule is NNc1c2c(nc3ccc(Cl)cc13)CCCC2. The highest BCUT2D eigenvalue weighted by molar-refractivity contribution is 6.31. The summed E-state index contributed by atoms with van der Waals surface area (Å²) >= 11 is 6.03. The molecule has 1 heterocycles. The highest BCUT2D eigenvalue weighted by Gasteiger charge is 2.17. The molecule has 1 aromatic carbocycles. The standard InChI is InChI=1S/C13H14ClN3/c14-8-5-6-12-10(7-8)13(17-15)9-3-1-2-4-11(9)16-12/h5-7H,1-4,15H2,(H,16,17). The van der Waals surface area contributed by atoms with Crippen LogP contribution < -0.4 is 11.3 Å². The summed E-state index contributed by atoms with van der Waals surface area (Å²) in [6, 6.07) is 5.74. The van der Waals surface area contributed by atoms with Crippen molar-refractivity contribution in [3.05, 3.63) is 34.5 Å². The Morgan fingerprint density at radius 1 is 1.24 bits per heavy atom. The van der Waals surface area contributed by atoms with Gasteiger partial charge in [0, 0.05) is 16.1 Å². The predicted octanol–water partition coefficient (Wildman–Crippen LogP) is 3.05. The number of pyridine rings is 1. The number of benzene rings is 1. The van der Waals surface area contributed by atoms with Crippen molar-refractivity contribution in [2.75, 3.05) is 5.43 Å². The summed E-state index contributed by atoms with van der Waals surface area (Å²) in [5, 5.41) is 1.73. The van der Waals surface area contributed by atoms with E-state index in [1.54, 1.807) is 0 Å². The summed E-state index contributed by atoms with van der Waals surface area (Å²) in [6.07, 6.45) is 4.51. The average molecular weight is 248 g/mol. The summed E-state index contributed by atoms with van der Waals surface area (Å²) in [4.78, 5) is 4.71. The summed E-state index contributed by atoms with van der Waals surface area (Å²) in [6.45, 7) is 0. The number of hydrogen-bond acceptors (Lipinski definition) is 3. The summed E-state index contributed by atoms with van der Waals surface area (Å²) in [5.74, 6) is 5.67. The molecule has 0 radical (unpaired) electrons. The summed E-state index contributed by atoms with van der Waals surface area (Å²) in [7, 11) is 0. The van der Waals surface area contributed by atoms with Gasteiger partial charge in [0.1, 0.15) is 0 Å². The van der Waals surface area contributed by atoms with Crippen molar-refractivity contribution in [3.63, 3.8) is 0 Å². The number of aromatic nitrogens is 1. The van der Waals surface area contributed by atoms with Crippen LogP contribution in [0.1, 0.15) is 24.1 Å². The van der Waals surface area contributed by atoms with Crippen molar-refractivity contribution in [1.82, 2.24) is 4.98 Å². The number of nitrogens with zero attached hydrogens (tertiary/aromatic N) is 1. The van der Waals surface area contributed by atoms with Crippen molar-refractivity contribution >= 4 is 28.2 Å². The topological polar surface area (TPSA) is 50.9 Å². The van der Waals surface area contributed by atoms with Crippen molar-refractivity contribution in [3.8, 4) is 0 Å². The van der Waals surface area contributed by atoms with Crippen LogP contribution in [-0.4, -0.2) is 4.98 Å². The largest absolute Gasteiger partial charge is 0.323 e. The first-order valence-corrected chi connectivity index (χ1v) is 6.25. The van der Waals surface area contributed by atoms with Crippen LogP contribution in [-0.2, 0) is 12.8 Å². The second kappa shape index (κ2) is 4.17. The number of nitrogen functional groups attached to an aromatic ring is 1. The van der Waals surface area contributed by atoms with Crippen molar-refractivity contribution in [2.45, 2.75) is 25.7 Å². The number of hydrazine groups is 1. The van der Waals surface area contributed by atoms with Gasteiger partial charge in [-0.3, -0.25) is 10.8 Å². The van der Waals surface area contributed by atoms with E-state index < -0.39 is 0 Å². The molecule has 0 amide bonds. The number of halogens is 1. The molecule has 2 aromatic rings. The Labute approximate surface area is 105 Å². The van der Waals surface area contributed by atoms with Crippen LogP contribution in [0.15, 0.2) is 18.2 Å². The maximum Gasteiger partial charge on any atom is 0.0727 e. The van der Waals surface area contributed by atoms with E-state index in [0.29, 0.717) is 5.02 Å². The highest BCUT2D eigenvalue weighted by atomic mass is 35.5. The molecule has 88 valence electrons. The first-order chi connectivity index (χ1) is 8.29. The van der Waals surface area contributed by atoms with Crippen LogP contribution in [0.3, 0.4) is 0 Å². The van der Waals surface area contributed by atoms with Crippen LogP contribution in [0.4, 0.5) is 5.69 Å². The molecular formula is C13H14ClN3. The summed E-state index contributed by atoms with van der Waals surface area (Å²) in [5.41, 5.74) is 7.22. The zero-order valence-corrected chi connectivity index (χ0v) is 10.2. The molecule has 3 N–H and O–H groups in total. The van der Waals surface area contributed by atoms with Crippen molar-refractivity contribution in [1.29, 1.82) is 0 Å². The van der Waals surface area contributed by atoms with Crippen molar-refractivity contribution < 1.29 is 0 Å². The number of nitrogens with one attached hydrogen (secondary N) is 1. The van der Waals surface area contributed by atoms with Gasteiger partial charge in [0.2, 0.25) is 0 Å². The van der Waals surface area contributed by atoms with Gasteiger partial charge < -0.3 is 5.43 Å². The molecular weight excluding hydrogens is 234 g/mol. The molecule has 0 unspecified atom stereocenters. The Morgan fingerprint density at radius 2 is 2.06 bits per heavy atom. The predicted molar refractivity (Wildman–Crippen MR) is 71.2 cm³/mol. The second-order valence-electron chi connectivity index (χ2n) is 4.42. The van der Waals surface area contributed by atoms with E-state index in [2.05, 4.69) is 5.43 Å². The molecule has 1 aliphatic rings. The maximum absolute atomic E-state index is 6.03. The molecule has 0 atom stereocenters. The molecule has 3 nitrogen and oxygen atoms in total. The second-order valence-corrected chi connectivity index (χ2v) is 4.86. The van der Waals surface area contributed by atoms with Gasteiger partial charge in [-0.05, 0) is 49.4 Å². The van der Waals surface area contributed by atoms with E-state index in [0.717, 1.165) is 29.4 Å². The molecule has 0 saturated heterocycles. The lowest BCUT2D eigenvalue weighted by atomic mass is 9.93. The lowest BCUT2D eigenvalue weighted by molar-refractivity contribution is 0.672. The van der Waals surface area contributed by atoms with Gasteiger partial charge in [-0.15, -0.1) is 0 Å². The monoisotopic (exact) mass is 247 g/mol. The molecule has 0 fully saturated rings. The van der Waals surface area contributed by atoms with Gasteiger partial charge in [0.15, 0.2) is 0 Å². The van der Waals surface area contributed by atoms with Gasteiger partial charge in [-0.1, -0.05) is 11.6 Å². The Morgan fingerprint density at radius 3 is 2.88 bits per heavy atom. The molecule has 17 heavy (non-hydrogen) atoms. The first-order valence-electron chi connectivity index (χ1n) is 5.87. The van der Waals surface area contributed by atoms with Crippen LogP contribution >= 0.6 is 11.6 Å². The maximum atomic E-state index is 6.03. The lowest BCUT2D eigenvalue weighted by Gasteiger charge is -2.20. The molecule has 3 rings (SSSR count). The summed E-state index contributed by atoms with van der Waals surface area (Å²) < 4.78 is 0. The van der Waals surface area contributed by atoms with Crippen LogP contribution in [0, 0.1) is 0 Å². The number of rotatable bonds is 1. The lowest BCUT2D eigenvalue weighted by Crippen LogP contribution is -2.15. The zero-order valence-electron chi connectivity index (χ0n) is 9.46. The Kier molecular flexibility index (Phi) is 2.65. The Balaban J connectivity index is 2.35. The first kappa shape index (κ1) is 10.8. The quantitative estimate of drug-likeness (QED) is 0.602. The fourth-order valence-corrected chi connectivity index (χ4v) is 2.73. The number of fused-ring (bicyclic) bond motifs is 2. The van der Waals surface area contributed by atoms with Crippen LogP contribution in [0.5, 0.6) is 0 Å². The molecule has 1 aliphatic carbocycles. The fourth-order valence-electron chi connectivity index (χ4n) is 2.56. The van der Waals surface area contributed by atoms with Gasteiger partial charge in [0.25, 0.3) is 0 Å². The molecule has 4 heteroatoms. The van der Waals surface area contributed by atoms with Crippen LogP contribution in [0.2, 0.25) is 5.02 Å². The third kappa shape index (κ3) is 1.75. The average Bonchev–Trinajstić information content (AvgIpc) is 2.36. The van der Waals surface area contributed by atoms with Crippen molar-refractivity contribution in [2.24, 2.45) is 5.84 Å². The Hall–Kier alpha value is -1.32. The minimum atomic E-state index is 0.714. The molecule has 0 bridgehead atoms. The smallest absolute Gasteiger partial charge is 0.0727 e. The third-order valence-electron chi connectivity index (χ3n) is 3.37. The van der Waals surface area contributed by atoms with E-state index in [-0.39, 0.29) is 0 Å². The van der Waals surface area contributed by atoms with E-state index >= 15 is 0 Å². The Bertz CT molecular complexity index is 580. The number of hydrogen-bond donors (Lipinski definition) is 2. The minimum absolute atomic E-state index is 0.714. The zero-order chi connectivity index (χ0) is 11.8. The molecule has 0 aliphatic heterocycles. The van der Waals surface area contributed by atoms with E-state index in [1.165, 1.54) is 24.1 Å². The van der Waals surface area contributed by atoms with E-state index in [4.69, 9.17) is 22.4 Å². The van der Waals surface area contributed by atoms with Gasteiger partial charge in [-0.25, -0.2) is 0 Å². The molecule has 0 spiro atoms.